The lowest BCUT2D eigenvalue weighted by atomic mass is 9.91. The third-order valence-corrected chi connectivity index (χ3v) is 5.40. The molecule has 4 rings (SSSR count). The van der Waals surface area contributed by atoms with Crippen molar-refractivity contribution in [1.29, 1.82) is 0 Å². The molecule has 0 aliphatic heterocycles. The maximum atomic E-state index is 12.3. The summed E-state index contributed by atoms with van der Waals surface area (Å²) in [5, 5.41) is 21.9. The van der Waals surface area contributed by atoms with Crippen LogP contribution in [0.25, 0.3) is 5.82 Å². The Kier molecular flexibility index (Phi) is 5.21. The lowest BCUT2D eigenvalue weighted by Gasteiger charge is -2.29. The number of nitrogens with one attached hydrogen (secondary N) is 1. The fraction of sp³-hybridized carbons (Fsp3) is 0.500. The Hall–Kier alpha value is -2.66. The highest BCUT2D eigenvalue weighted by Crippen LogP contribution is 2.29. The maximum Gasteiger partial charge on any atom is 0.267 e. The minimum absolute atomic E-state index is 0.0810. The van der Waals surface area contributed by atoms with Crippen molar-refractivity contribution < 1.29 is 4.74 Å². The summed E-state index contributed by atoms with van der Waals surface area (Å²) in [4.78, 5) is 16.2. The number of nitrogens with zero attached hydrogens (tertiary/aromatic N) is 7. The largest absolute Gasteiger partial charge is 0.377 e. The topological polar surface area (TPSA) is 113 Å². The van der Waals surface area contributed by atoms with E-state index in [1.807, 2.05) is 0 Å². The van der Waals surface area contributed by atoms with Gasteiger partial charge in [0.15, 0.2) is 5.82 Å². The van der Waals surface area contributed by atoms with Gasteiger partial charge in [-0.25, -0.2) is 14.3 Å². The van der Waals surface area contributed by atoms with Gasteiger partial charge in [0.05, 0.1) is 6.04 Å². The van der Waals surface area contributed by atoms with E-state index in [0.717, 1.165) is 35.8 Å². The van der Waals surface area contributed by atoms with Crippen molar-refractivity contribution in [2.75, 3.05) is 12.4 Å². The molecule has 1 N–H and O–H groups in total. The first kappa shape index (κ1) is 17.7. The van der Waals surface area contributed by atoms with Crippen LogP contribution in [-0.4, -0.2) is 47.9 Å². The van der Waals surface area contributed by atoms with Gasteiger partial charge in [0.25, 0.3) is 5.56 Å². The van der Waals surface area contributed by atoms with Crippen molar-refractivity contribution in [3.63, 3.8) is 0 Å². The van der Waals surface area contributed by atoms with Crippen molar-refractivity contribution in [3.8, 4) is 5.82 Å². The van der Waals surface area contributed by atoms with E-state index in [4.69, 9.17) is 4.74 Å². The van der Waals surface area contributed by atoms with Crippen molar-refractivity contribution in [1.82, 2.24) is 34.7 Å². The maximum absolute atomic E-state index is 12.3. The zero-order valence-electron chi connectivity index (χ0n) is 14.9. The Morgan fingerprint density at radius 1 is 1.26 bits per heavy atom. The van der Waals surface area contributed by atoms with E-state index in [-0.39, 0.29) is 11.6 Å². The molecular formula is C16H20N8O2S. The lowest BCUT2D eigenvalue weighted by Crippen LogP contribution is -2.33. The monoisotopic (exact) mass is 388 g/mol. The van der Waals surface area contributed by atoms with E-state index in [1.165, 1.54) is 23.7 Å². The van der Waals surface area contributed by atoms with Crippen LogP contribution in [-0.2, 0) is 11.3 Å². The molecule has 0 atom stereocenters. The Labute approximate surface area is 159 Å². The van der Waals surface area contributed by atoms with Crippen molar-refractivity contribution >= 4 is 16.5 Å². The molecule has 0 aromatic carbocycles. The van der Waals surface area contributed by atoms with Gasteiger partial charge in [0.2, 0.25) is 5.13 Å². The fourth-order valence-corrected chi connectivity index (χ4v) is 4.05. The Morgan fingerprint density at radius 3 is 2.85 bits per heavy atom. The van der Waals surface area contributed by atoms with Crippen LogP contribution in [0.15, 0.2) is 29.6 Å². The first-order valence-electron chi connectivity index (χ1n) is 8.75. The SMILES string of the molecule is COCc1nnc(NC2CCC(n3nc(-n4cncn4)ccc3=O)CC2)s1. The fourth-order valence-electron chi connectivity index (χ4n) is 3.26. The van der Waals surface area contributed by atoms with Crippen LogP contribution < -0.4 is 10.9 Å². The summed E-state index contributed by atoms with van der Waals surface area (Å²) in [5.74, 6) is 0.590. The zero-order chi connectivity index (χ0) is 18.6. The average molecular weight is 388 g/mol. The molecule has 3 aromatic heterocycles. The third-order valence-electron chi connectivity index (χ3n) is 4.57. The van der Waals surface area contributed by atoms with E-state index in [9.17, 15) is 4.79 Å². The molecule has 0 radical (unpaired) electrons. The first-order valence-corrected chi connectivity index (χ1v) is 9.57. The molecule has 0 saturated heterocycles. The Balaban J connectivity index is 1.40. The van der Waals surface area contributed by atoms with Crippen molar-refractivity contribution in [3.05, 3.63) is 40.1 Å². The van der Waals surface area contributed by atoms with E-state index < -0.39 is 0 Å². The first-order chi connectivity index (χ1) is 13.2. The van der Waals surface area contributed by atoms with Gasteiger partial charge < -0.3 is 10.1 Å². The molecule has 0 spiro atoms. The molecule has 1 saturated carbocycles. The van der Waals surface area contributed by atoms with E-state index in [1.54, 1.807) is 28.9 Å². The minimum atomic E-state index is -0.0939. The number of rotatable bonds is 6. The molecule has 142 valence electrons. The molecule has 0 amide bonds. The average Bonchev–Trinajstić information content (AvgIpc) is 3.36. The van der Waals surface area contributed by atoms with Crippen LogP contribution in [0.1, 0.15) is 36.7 Å². The highest BCUT2D eigenvalue weighted by molar-refractivity contribution is 7.15. The molecule has 0 bridgehead atoms. The summed E-state index contributed by atoms with van der Waals surface area (Å²) >= 11 is 1.51. The number of anilines is 1. The predicted octanol–water partition coefficient (Wildman–Crippen LogP) is 1.42. The molecule has 10 nitrogen and oxygen atoms in total. The van der Waals surface area contributed by atoms with Gasteiger partial charge in [-0.05, 0) is 31.7 Å². The zero-order valence-corrected chi connectivity index (χ0v) is 15.7. The Bertz CT molecular complexity index is 930. The molecule has 0 unspecified atom stereocenters. The van der Waals surface area contributed by atoms with Crippen LogP contribution in [0.3, 0.4) is 0 Å². The number of aromatic nitrogens is 7. The van der Waals surface area contributed by atoms with Gasteiger partial charge in [-0.2, -0.15) is 5.10 Å². The van der Waals surface area contributed by atoms with Crippen LogP contribution in [0.2, 0.25) is 0 Å². The van der Waals surface area contributed by atoms with Gasteiger partial charge in [-0.1, -0.05) is 11.3 Å². The third kappa shape index (κ3) is 4.03. The van der Waals surface area contributed by atoms with Gasteiger partial charge in [-0.3, -0.25) is 4.79 Å². The molecule has 1 fully saturated rings. The summed E-state index contributed by atoms with van der Waals surface area (Å²) in [6.45, 7) is 0.475. The molecule has 1 aliphatic carbocycles. The number of ether oxygens (including phenoxy) is 1. The van der Waals surface area contributed by atoms with E-state index in [2.05, 4.69) is 30.7 Å². The molecule has 1 aliphatic rings. The number of hydrogen-bond donors (Lipinski definition) is 1. The van der Waals surface area contributed by atoms with E-state index >= 15 is 0 Å². The van der Waals surface area contributed by atoms with Crippen LogP contribution in [0, 0.1) is 0 Å². The van der Waals surface area contributed by atoms with Crippen molar-refractivity contribution in [2.24, 2.45) is 0 Å². The molecule has 11 heteroatoms. The Morgan fingerprint density at radius 2 is 2.11 bits per heavy atom. The van der Waals surface area contributed by atoms with Gasteiger partial charge in [0.1, 0.15) is 24.3 Å². The smallest absolute Gasteiger partial charge is 0.267 e. The van der Waals surface area contributed by atoms with Crippen molar-refractivity contribution in [2.45, 2.75) is 44.4 Å². The summed E-state index contributed by atoms with van der Waals surface area (Å²) < 4.78 is 8.20. The number of hydrogen-bond acceptors (Lipinski definition) is 9. The van der Waals surface area contributed by atoms with Crippen LogP contribution in [0.4, 0.5) is 5.13 Å². The molecule has 3 heterocycles. The summed E-state index contributed by atoms with van der Waals surface area (Å²) in [7, 11) is 1.64. The number of methoxy groups -OCH3 is 1. The lowest BCUT2D eigenvalue weighted by molar-refractivity contribution is 0.184. The summed E-state index contributed by atoms with van der Waals surface area (Å²) in [6.07, 6.45) is 6.62. The second-order valence-corrected chi connectivity index (χ2v) is 7.46. The molecule has 27 heavy (non-hydrogen) atoms. The predicted molar refractivity (Wildman–Crippen MR) is 99.0 cm³/mol. The highest BCUT2D eigenvalue weighted by Gasteiger charge is 2.24. The summed E-state index contributed by atoms with van der Waals surface area (Å²) in [6, 6.07) is 3.59. The quantitative estimate of drug-likeness (QED) is 0.675. The standard InChI is InChI=1S/C16H20N8O2S/c1-26-8-14-20-21-16(27-14)19-11-2-4-12(5-3-11)24-15(25)7-6-13(22-24)23-10-17-9-18-23/h6-7,9-12H,2-5,8H2,1H3,(H,19,21). The van der Waals surface area contributed by atoms with Crippen LogP contribution >= 0.6 is 11.3 Å². The van der Waals surface area contributed by atoms with Gasteiger partial charge in [-0.15, -0.1) is 15.3 Å². The second-order valence-electron chi connectivity index (χ2n) is 6.40. The summed E-state index contributed by atoms with van der Waals surface area (Å²) in [5.41, 5.74) is -0.0939. The van der Waals surface area contributed by atoms with Gasteiger partial charge >= 0.3 is 0 Å². The normalized spacial score (nSPS) is 19.9. The second kappa shape index (κ2) is 7.92. The highest BCUT2D eigenvalue weighted by atomic mass is 32.1. The van der Waals surface area contributed by atoms with Gasteiger partial charge in [0, 0.05) is 19.2 Å². The van der Waals surface area contributed by atoms with E-state index in [0.29, 0.717) is 18.5 Å². The minimum Gasteiger partial charge on any atom is -0.377 e. The molecule has 3 aromatic rings. The molecular weight excluding hydrogens is 368 g/mol. The van der Waals surface area contributed by atoms with Crippen LogP contribution in [0.5, 0.6) is 0 Å².